The Bertz CT molecular complexity index is 414. The molecule has 0 unspecified atom stereocenters. The summed E-state index contributed by atoms with van der Waals surface area (Å²) in [4.78, 5) is 22.7. The third-order valence-corrected chi connectivity index (χ3v) is 1.97. The molecular formula is C8H13N5O3. The molecule has 1 aromatic rings. The van der Waals surface area contributed by atoms with Gasteiger partial charge in [0.05, 0.1) is 6.20 Å². The minimum atomic E-state index is -1.17. The van der Waals surface area contributed by atoms with Crippen molar-refractivity contribution in [2.75, 3.05) is 24.6 Å². The second-order valence-corrected chi connectivity index (χ2v) is 3.25. The van der Waals surface area contributed by atoms with Crippen LogP contribution in [-0.4, -0.2) is 45.4 Å². The maximum Gasteiger partial charge on any atom is 0.407 e. The monoisotopic (exact) mass is 227 g/mol. The van der Waals surface area contributed by atoms with Gasteiger partial charge < -0.3 is 21.1 Å². The van der Waals surface area contributed by atoms with Crippen molar-refractivity contribution in [2.24, 2.45) is 7.05 Å². The molecule has 88 valence electrons. The molecule has 0 aliphatic heterocycles. The summed E-state index contributed by atoms with van der Waals surface area (Å²) >= 11 is 0. The molecule has 1 heterocycles. The van der Waals surface area contributed by atoms with Gasteiger partial charge in [-0.15, -0.1) is 0 Å². The highest BCUT2D eigenvalue weighted by atomic mass is 16.4. The molecule has 0 bridgehead atoms. The first kappa shape index (κ1) is 11.8. The van der Waals surface area contributed by atoms with Crippen LogP contribution in [0.2, 0.25) is 0 Å². The fourth-order valence-corrected chi connectivity index (χ4v) is 1.02. The number of carbonyl (C=O) groups excluding carboxylic acids is 1. The summed E-state index contributed by atoms with van der Waals surface area (Å²) in [6.45, 7) is -0.260. The number of hydrogen-bond acceptors (Lipinski definition) is 4. The number of carboxylic acid groups (broad SMARTS) is 1. The summed E-state index contributed by atoms with van der Waals surface area (Å²) in [5.74, 6) is -0.157. The van der Waals surface area contributed by atoms with E-state index >= 15 is 0 Å². The number of aromatic nitrogens is 2. The van der Waals surface area contributed by atoms with Crippen LogP contribution in [0.3, 0.4) is 0 Å². The maximum atomic E-state index is 11.4. The molecule has 2 amide bonds. The van der Waals surface area contributed by atoms with E-state index in [0.29, 0.717) is 11.5 Å². The topological polar surface area (TPSA) is 113 Å². The molecule has 8 nitrogen and oxygen atoms in total. The van der Waals surface area contributed by atoms with Gasteiger partial charge in [0, 0.05) is 14.1 Å². The fourth-order valence-electron chi connectivity index (χ4n) is 1.02. The average molecular weight is 227 g/mol. The second kappa shape index (κ2) is 4.51. The van der Waals surface area contributed by atoms with Crippen LogP contribution >= 0.6 is 0 Å². The molecule has 4 N–H and O–H groups in total. The Hall–Kier alpha value is -2.25. The number of nitrogen functional groups attached to an aromatic ring is 1. The summed E-state index contributed by atoms with van der Waals surface area (Å²) in [6, 6.07) is 0. The molecule has 0 aromatic carbocycles. The normalized spacial score (nSPS) is 9.88. The van der Waals surface area contributed by atoms with Crippen molar-refractivity contribution in [1.82, 2.24) is 14.7 Å². The fraction of sp³-hybridized carbons (Fsp3) is 0.375. The largest absolute Gasteiger partial charge is 0.465 e. The molecule has 1 aromatic heterocycles. The Morgan fingerprint density at radius 3 is 2.75 bits per heavy atom. The van der Waals surface area contributed by atoms with Crippen LogP contribution in [0, 0.1) is 0 Å². The third kappa shape index (κ3) is 2.62. The van der Waals surface area contributed by atoms with Gasteiger partial charge in [-0.2, -0.15) is 5.10 Å². The number of nitrogens with zero attached hydrogens (tertiary/aromatic N) is 3. The summed E-state index contributed by atoms with van der Waals surface area (Å²) in [6.07, 6.45) is 0.225. The van der Waals surface area contributed by atoms with Crippen molar-refractivity contribution in [3.05, 3.63) is 6.20 Å². The van der Waals surface area contributed by atoms with Gasteiger partial charge in [0.25, 0.3) is 0 Å². The maximum absolute atomic E-state index is 11.4. The molecule has 0 saturated heterocycles. The SMILES string of the molecule is CN(CC(=O)Nc1cnn(C)c1N)C(=O)O. The van der Waals surface area contributed by atoms with Crippen molar-refractivity contribution < 1.29 is 14.7 Å². The number of likely N-dealkylation sites (N-methyl/N-ethyl adjacent to an activating group) is 1. The first-order chi connectivity index (χ1) is 7.41. The van der Waals surface area contributed by atoms with Gasteiger partial charge in [-0.3, -0.25) is 9.48 Å². The first-order valence-corrected chi connectivity index (χ1v) is 4.43. The van der Waals surface area contributed by atoms with Crippen LogP contribution in [0.15, 0.2) is 6.20 Å². The van der Waals surface area contributed by atoms with Crippen LogP contribution < -0.4 is 11.1 Å². The molecule has 0 fully saturated rings. The van der Waals surface area contributed by atoms with E-state index in [1.54, 1.807) is 7.05 Å². The average Bonchev–Trinajstić information content (AvgIpc) is 2.49. The summed E-state index contributed by atoms with van der Waals surface area (Å²) < 4.78 is 1.40. The number of carbonyl (C=O) groups is 2. The lowest BCUT2D eigenvalue weighted by molar-refractivity contribution is -0.116. The smallest absolute Gasteiger partial charge is 0.407 e. The van der Waals surface area contributed by atoms with Crippen LogP contribution in [0.5, 0.6) is 0 Å². The van der Waals surface area contributed by atoms with E-state index in [9.17, 15) is 9.59 Å². The molecule has 8 heteroatoms. The molecule has 16 heavy (non-hydrogen) atoms. The van der Waals surface area contributed by atoms with Crippen LogP contribution in [0.25, 0.3) is 0 Å². The van der Waals surface area contributed by atoms with E-state index < -0.39 is 12.0 Å². The van der Waals surface area contributed by atoms with E-state index in [-0.39, 0.29) is 6.54 Å². The van der Waals surface area contributed by atoms with Gasteiger partial charge in [-0.1, -0.05) is 0 Å². The van der Waals surface area contributed by atoms with Gasteiger partial charge in [0.2, 0.25) is 5.91 Å². The quantitative estimate of drug-likeness (QED) is 0.647. The number of amides is 2. The molecule has 0 aliphatic rings. The van der Waals surface area contributed by atoms with Gasteiger partial charge >= 0.3 is 6.09 Å². The predicted octanol–water partition coefficient (Wildman–Crippen LogP) is -0.449. The minimum absolute atomic E-state index is 0.260. The summed E-state index contributed by atoms with van der Waals surface area (Å²) in [7, 11) is 2.93. The van der Waals surface area contributed by atoms with E-state index in [1.165, 1.54) is 17.9 Å². The summed E-state index contributed by atoms with van der Waals surface area (Å²) in [5, 5.41) is 14.9. The highest BCUT2D eigenvalue weighted by Gasteiger charge is 2.13. The molecule has 0 radical (unpaired) electrons. The highest BCUT2D eigenvalue weighted by Crippen LogP contribution is 2.15. The van der Waals surface area contributed by atoms with Crippen molar-refractivity contribution in [2.45, 2.75) is 0 Å². The third-order valence-electron chi connectivity index (χ3n) is 1.97. The second-order valence-electron chi connectivity index (χ2n) is 3.25. The van der Waals surface area contributed by atoms with Crippen molar-refractivity contribution >= 4 is 23.5 Å². The van der Waals surface area contributed by atoms with Gasteiger partial charge in [0.1, 0.15) is 18.1 Å². The number of hydrogen-bond donors (Lipinski definition) is 3. The summed E-state index contributed by atoms with van der Waals surface area (Å²) in [5.41, 5.74) is 5.96. The molecule has 0 atom stereocenters. The number of anilines is 2. The minimum Gasteiger partial charge on any atom is -0.465 e. The Kier molecular flexibility index (Phi) is 3.33. The predicted molar refractivity (Wildman–Crippen MR) is 56.9 cm³/mol. The first-order valence-electron chi connectivity index (χ1n) is 4.43. The van der Waals surface area contributed by atoms with E-state index in [2.05, 4.69) is 10.4 Å². The van der Waals surface area contributed by atoms with Crippen LogP contribution in [0.1, 0.15) is 0 Å². The molecule has 1 rings (SSSR count). The lowest BCUT2D eigenvalue weighted by Crippen LogP contribution is -2.33. The molecule has 0 saturated carbocycles. The van der Waals surface area contributed by atoms with Crippen LogP contribution in [0.4, 0.5) is 16.3 Å². The van der Waals surface area contributed by atoms with Gasteiger partial charge in [-0.25, -0.2) is 4.79 Å². The van der Waals surface area contributed by atoms with Crippen LogP contribution in [-0.2, 0) is 11.8 Å². The van der Waals surface area contributed by atoms with E-state index in [0.717, 1.165) is 4.90 Å². The van der Waals surface area contributed by atoms with Crippen molar-refractivity contribution in [3.63, 3.8) is 0 Å². The standard InChI is InChI=1S/C8H13N5O3/c1-12(8(15)16)4-6(14)11-5-3-10-13(2)7(5)9/h3H,4,9H2,1-2H3,(H,11,14)(H,15,16). The lowest BCUT2D eigenvalue weighted by atomic mass is 10.4. The Morgan fingerprint density at radius 1 is 1.69 bits per heavy atom. The van der Waals surface area contributed by atoms with E-state index in [4.69, 9.17) is 10.8 Å². The van der Waals surface area contributed by atoms with Gasteiger partial charge in [0.15, 0.2) is 0 Å². The van der Waals surface area contributed by atoms with E-state index in [1.807, 2.05) is 0 Å². The number of rotatable bonds is 3. The molecule has 0 aliphatic carbocycles. The van der Waals surface area contributed by atoms with Crippen molar-refractivity contribution in [1.29, 1.82) is 0 Å². The Labute approximate surface area is 91.6 Å². The van der Waals surface area contributed by atoms with Crippen molar-refractivity contribution in [3.8, 4) is 0 Å². The zero-order valence-corrected chi connectivity index (χ0v) is 8.97. The Balaban J connectivity index is 2.59. The van der Waals surface area contributed by atoms with Gasteiger partial charge in [-0.05, 0) is 0 Å². The number of nitrogens with one attached hydrogen (secondary N) is 1. The zero-order valence-electron chi connectivity index (χ0n) is 8.97. The highest BCUT2D eigenvalue weighted by molar-refractivity contribution is 5.95. The Morgan fingerprint density at radius 2 is 2.31 bits per heavy atom. The molecule has 0 spiro atoms. The lowest BCUT2D eigenvalue weighted by Gasteiger charge is -2.12. The number of aryl methyl sites for hydroxylation is 1. The molecular weight excluding hydrogens is 214 g/mol. The zero-order chi connectivity index (χ0) is 12.3. The number of nitrogens with two attached hydrogens (primary N) is 1.